The zero-order valence-corrected chi connectivity index (χ0v) is 17.6. The van der Waals surface area contributed by atoms with Crippen LogP contribution in [0.4, 0.5) is 5.69 Å². The first-order valence-electron chi connectivity index (χ1n) is 9.25. The van der Waals surface area contributed by atoms with Crippen LogP contribution < -0.4 is 5.32 Å². The van der Waals surface area contributed by atoms with Gasteiger partial charge in [0.1, 0.15) is 0 Å². The Bertz CT molecular complexity index is 1020. The van der Waals surface area contributed by atoms with Crippen LogP contribution >= 0.6 is 11.6 Å². The second kappa shape index (κ2) is 8.49. The van der Waals surface area contributed by atoms with E-state index >= 15 is 0 Å². The van der Waals surface area contributed by atoms with E-state index in [4.69, 9.17) is 11.6 Å². The van der Waals surface area contributed by atoms with Gasteiger partial charge in [-0.3, -0.25) is 9.59 Å². The van der Waals surface area contributed by atoms with Crippen LogP contribution in [0.3, 0.4) is 0 Å². The number of hydrogen-bond donors (Lipinski definition) is 1. The molecule has 0 radical (unpaired) electrons. The Balaban J connectivity index is 1.86. The van der Waals surface area contributed by atoms with E-state index in [2.05, 4.69) is 10.4 Å². The molecule has 0 aliphatic rings. The third kappa shape index (κ3) is 4.49. The number of hydrogen-bond acceptors (Lipinski definition) is 3. The molecule has 0 saturated heterocycles. The van der Waals surface area contributed by atoms with Crippen molar-refractivity contribution < 1.29 is 9.59 Å². The van der Waals surface area contributed by atoms with Gasteiger partial charge in [-0.05, 0) is 54.4 Å². The molecule has 0 atom stereocenters. The fourth-order valence-corrected chi connectivity index (χ4v) is 3.16. The van der Waals surface area contributed by atoms with E-state index in [1.807, 2.05) is 26.0 Å². The molecule has 0 unspecified atom stereocenters. The lowest BCUT2D eigenvalue weighted by Crippen LogP contribution is -2.21. The summed E-state index contributed by atoms with van der Waals surface area (Å²) in [5, 5.41) is 7.94. The summed E-state index contributed by atoms with van der Waals surface area (Å²) >= 11 is 5.98. The van der Waals surface area contributed by atoms with Crippen molar-refractivity contribution in [2.24, 2.45) is 0 Å². The van der Waals surface area contributed by atoms with Crippen LogP contribution in [0.2, 0.25) is 5.02 Å². The van der Waals surface area contributed by atoms with E-state index in [1.165, 1.54) is 4.90 Å². The Morgan fingerprint density at radius 2 is 1.66 bits per heavy atom. The summed E-state index contributed by atoms with van der Waals surface area (Å²) in [5.74, 6) is -0.260. The van der Waals surface area contributed by atoms with Crippen molar-refractivity contribution in [2.75, 3.05) is 19.4 Å². The SMILES string of the molecule is CC(C)c1c(C(=O)Nc2ccc(C(=O)N(C)C)cc2)cnn1-c1ccc(Cl)cc1. The van der Waals surface area contributed by atoms with Crippen LogP contribution in [0, 0.1) is 0 Å². The first kappa shape index (κ1) is 20.6. The van der Waals surface area contributed by atoms with Crippen molar-refractivity contribution in [1.29, 1.82) is 0 Å². The number of amides is 2. The number of benzene rings is 2. The fourth-order valence-electron chi connectivity index (χ4n) is 3.03. The summed E-state index contributed by atoms with van der Waals surface area (Å²) in [7, 11) is 3.40. The normalized spacial score (nSPS) is 10.8. The Hall–Kier alpha value is -3.12. The first-order chi connectivity index (χ1) is 13.8. The van der Waals surface area contributed by atoms with Crippen LogP contribution in [-0.4, -0.2) is 40.6 Å². The van der Waals surface area contributed by atoms with Crippen molar-refractivity contribution in [1.82, 2.24) is 14.7 Å². The maximum Gasteiger partial charge on any atom is 0.259 e. The summed E-state index contributed by atoms with van der Waals surface area (Å²) in [6.07, 6.45) is 1.57. The van der Waals surface area contributed by atoms with Crippen molar-refractivity contribution in [3.05, 3.63) is 76.6 Å². The van der Waals surface area contributed by atoms with Crippen molar-refractivity contribution in [3.8, 4) is 5.69 Å². The lowest BCUT2D eigenvalue weighted by molar-refractivity contribution is 0.0827. The van der Waals surface area contributed by atoms with Gasteiger partial charge in [0.25, 0.3) is 11.8 Å². The van der Waals surface area contributed by atoms with Gasteiger partial charge in [-0.15, -0.1) is 0 Å². The molecule has 7 heteroatoms. The third-order valence-corrected chi connectivity index (χ3v) is 4.72. The predicted molar refractivity (Wildman–Crippen MR) is 115 cm³/mol. The predicted octanol–water partition coefficient (Wildman–Crippen LogP) is 4.60. The van der Waals surface area contributed by atoms with Gasteiger partial charge in [0, 0.05) is 30.4 Å². The second-order valence-electron chi connectivity index (χ2n) is 7.22. The van der Waals surface area contributed by atoms with Gasteiger partial charge >= 0.3 is 0 Å². The Labute approximate surface area is 175 Å². The summed E-state index contributed by atoms with van der Waals surface area (Å²) in [5.41, 5.74) is 3.32. The van der Waals surface area contributed by atoms with Gasteiger partial charge < -0.3 is 10.2 Å². The highest BCUT2D eigenvalue weighted by Crippen LogP contribution is 2.25. The molecule has 6 nitrogen and oxygen atoms in total. The van der Waals surface area contributed by atoms with Crippen molar-refractivity contribution >= 4 is 29.1 Å². The number of rotatable bonds is 5. The largest absolute Gasteiger partial charge is 0.345 e. The van der Waals surface area contributed by atoms with Crippen molar-refractivity contribution in [3.63, 3.8) is 0 Å². The van der Waals surface area contributed by atoms with E-state index in [-0.39, 0.29) is 17.7 Å². The van der Waals surface area contributed by atoms with Crippen LogP contribution in [0.25, 0.3) is 5.69 Å². The van der Waals surface area contributed by atoms with Gasteiger partial charge in [-0.1, -0.05) is 25.4 Å². The van der Waals surface area contributed by atoms with E-state index in [0.717, 1.165) is 11.4 Å². The standard InChI is InChI=1S/C22H23ClN4O2/c1-14(2)20-19(13-24-27(20)18-11-7-16(23)8-12-18)21(28)25-17-9-5-15(6-10-17)22(29)26(3)4/h5-14H,1-4H3,(H,25,28). The number of carbonyl (C=O) groups excluding carboxylic acids is 2. The molecule has 1 heterocycles. The average Bonchev–Trinajstić information content (AvgIpc) is 3.14. The number of anilines is 1. The molecule has 0 fully saturated rings. The maximum absolute atomic E-state index is 12.9. The molecule has 3 rings (SSSR count). The molecule has 0 spiro atoms. The molecule has 0 bridgehead atoms. The van der Waals surface area contributed by atoms with Crippen molar-refractivity contribution in [2.45, 2.75) is 19.8 Å². The minimum atomic E-state index is -0.249. The molecule has 0 aliphatic carbocycles. The lowest BCUT2D eigenvalue weighted by Gasteiger charge is -2.13. The van der Waals surface area contributed by atoms with Crippen LogP contribution in [0.1, 0.15) is 46.2 Å². The van der Waals surface area contributed by atoms with Gasteiger partial charge in [0.2, 0.25) is 0 Å². The molecule has 1 N–H and O–H groups in total. The molecule has 29 heavy (non-hydrogen) atoms. The van der Waals surface area contributed by atoms with E-state index < -0.39 is 0 Å². The molecular weight excluding hydrogens is 388 g/mol. The highest BCUT2D eigenvalue weighted by Gasteiger charge is 2.21. The second-order valence-corrected chi connectivity index (χ2v) is 7.65. The summed E-state index contributed by atoms with van der Waals surface area (Å²) < 4.78 is 1.76. The molecule has 150 valence electrons. The summed E-state index contributed by atoms with van der Waals surface area (Å²) in [4.78, 5) is 26.4. The highest BCUT2D eigenvalue weighted by atomic mass is 35.5. The third-order valence-electron chi connectivity index (χ3n) is 4.47. The van der Waals surface area contributed by atoms with E-state index in [1.54, 1.807) is 61.4 Å². The molecule has 2 amide bonds. The Kier molecular flexibility index (Phi) is 6.03. The maximum atomic E-state index is 12.9. The monoisotopic (exact) mass is 410 g/mol. The van der Waals surface area contributed by atoms with Gasteiger partial charge in [-0.2, -0.15) is 5.10 Å². The molecule has 3 aromatic rings. The zero-order valence-electron chi connectivity index (χ0n) is 16.8. The lowest BCUT2D eigenvalue weighted by atomic mass is 10.0. The Morgan fingerprint density at radius 3 is 2.21 bits per heavy atom. The number of halogens is 1. The summed E-state index contributed by atoms with van der Waals surface area (Å²) in [6.45, 7) is 4.03. The molecule has 0 saturated carbocycles. The van der Waals surface area contributed by atoms with Gasteiger partial charge in [0.15, 0.2) is 0 Å². The number of aromatic nitrogens is 2. The number of nitrogens with zero attached hydrogens (tertiary/aromatic N) is 3. The van der Waals surface area contributed by atoms with Gasteiger partial charge in [0.05, 0.1) is 23.1 Å². The van der Waals surface area contributed by atoms with Gasteiger partial charge in [-0.25, -0.2) is 4.68 Å². The number of nitrogens with one attached hydrogen (secondary N) is 1. The van der Waals surface area contributed by atoms with Crippen LogP contribution in [0.15, 0.2) is 54.7 Å². The van der Waals surface area contributed by atoms with Crippen LogP contribution in [-0.2, 0) is 0 Å². The minimum Gasteiger partial charge on any atom is -0.345 e. The highest BCUT2D eigenvalue weighted by molar-refractivity contribution is 6.30. The van der Waals surface area contributed by atoms with Crippen LogP contribution in [0.5, 0.6) is 0 Å². The van der Waals surface area contributed by atoms with E-state index in [9.17, 15) is 9.59 Å². The molecular formula is C22H23ClN4O2. The number of carbonyl (C=O) groups is 2. The van der Waals surface area contributed by atoms with E-state index in [0.29, 0.717) is 21.8 Å². The smallest absolute Gasteiger partial charge is 0.259 e. The topological polar surface area (TPSA) is 67.2 Å². The average molecular weight is 411 g/mol. The summed E-state index contributed by atoms with van der Waals surface area (Å²) in [6, 6.07) is 14.1. The fraction of sp³-hybridized carbons (Fsp3) is 0.227. The Morgan fingerprint density at radius 1 is 1.03 bits per heavy atom. The first-order valence-corrected chi connectivity index (χ1v) is 9.62. The molecule has 0 aliphatic heterocycles. The molecule has 2 aromatic carbocycles. The quantitative estimate of drug-likeness (QED) is 0.668. The zero-order chi connectivity index (χ0) is 21.1. The minimum absolute atomic E-state index is 0.0778. The molecule has 1 aromatic heterocycles.